The van der Waals surface area contributed by atoms with Crippen LogP contribution < -0.4 is 5.32 Å². The topological polar surface area (TPSA) is 72.5 Å². The number of ketones is 1. The van der Waals surface area contributed by atoms with E-state index in [2.05, 4.69) is 37.2 Å². The molecule has 5 nitrogen and oxygen atoms in total. The molecule has 3 rings (SSSR count). The lowest BCUT2D eigenvalue weighted by atomic mass is 10.1. The number of carbonyl (C=O) groups excluding carboxylic acids is 3. The Labute approximate surface area is 184 Å². The molecule has 0 spiro atoms. The Balaban J connectivity index is 1.63. The second-order valence-corrected chi connectivity index (χ2v) is 7.79. The molecule has 0 aliphatic heterocycles. The SMILES string of the molecule is O=C(COC(=O)c1cccc(NC(=O)c2ccccc2Br)c1)c1ccc(Br)cc1. The Kier molecular flexibility index (Phi) is 6.95. The highest BCUT2D eigenvalue weighted by molar-refractivity contribution is 9.10. The Hall–Kier alpha value is -2.77. The first kappa shape index (κ1) is 21.0. The maximum Gasteiger partial charge on any atom is 0.338 e. The molecule has 0 aromatic heterocycles. The van der Waals surface area contributed by atoms with Gasteiger partial charge in [0, 0.05) is 20.2 Å². The first-order chi connectivity index (χ1) is 13.9. The third-order valence-electron chi connectivity index (χ3n) is 3.98. The van der Waals surface area contributed by atoms with Gasteiger partial charge in [-0.15, -0.1) is 0 Å². The number of benzene rings is 3. The summed E-state index contributed by atoms with van der Waals surface area (Å²) in [6.45, 7) is -0.367. The fraction of sp³-hybridized carbons (Fsp3) is 0.0455. The molecule has 0 saturated heterocycles. The van der Waals surface area contributed by atoms with Crippen molar-refractivity contribution in [2.24, 2.45) is 0 Å². The monoisotopic (exact) mass is 515 g/mol. The highest BCUT2D eigenvalue weighted by Gasteiger charge is 2.14. The highest BCUT2D eigenvalue weighted by Crippen LogP contribution is 2.19. The maximum atomic E-state index is 12.4. The van der Waals surface area contributed by atoms with Gasteiger partial charge in [0.2, 0.25) is 0 Å². The summed E-state index contributed by atoms with van der Waals surface area (Å²) in [6, 6.07) is 20.2. The smallest absolute Gasteiger partial charge is 0.338 e. The highest BCUT2D eigenvalue weighted by atomic mass is 79.9. The lowest BCUT2D eigenvalue weighted by Crippen LogP contribution is -2.15. The van der Waals surface area contributed by atoms with Crippen LogP contribution in [0, 0.1) is 0 Å². The molecule has 0 radical (unpaired) electrons. The predicted octanol–water partition coefficient (Wildman–Crippen LogP) is 5.50. The van der Waals surface area contributed by atoms with E-state index < -0.39 is 5.97 Å². The van der Waals surface area contributed by atoms with Gasteiger partial charge in [-0.3, -0.25) is 9.59 Å². The van der Waals surface area contributed by atoms with E-state index in [1.54, 1.807) is 60.7 Å². The molecule has 3 aromatic carbocycles. The van der Waals surface area contributed by atoms with Gasteiger partial charge in [-0.1, -0.05) is 46.3 Å². The van der Waals surface area contributed by atoms with Crippen molar-refractivity contribution in [1.82, 2.24) is 0 Å². The van der Waals surface area contributed by atoms with Gasteiger partial charge < -0.3 is 10.1 Å². The van der Waals surface area contributed by atoms with Crippen molar-refractivity contribution >= 4 is 55.2 Å². The third-order valence-corrected chi connectivity index (χ3v) is 5.20. The normalized spacial score (nSPS) is 10.3. The van der Waals surface area contributed by atoms with Gasteiger partial charge in [-0.05, 0) is 58.4 Å². The summed E-state index contributed by atoms with van der Waals surface area (Å²) >= 11 is 6.64. The second kappa shape index (κ2) is 9.62. The summed E-state index contributed by atoms with van der Waals surface area (Å²) in [5.74, 6) is -1.26. The van der Waals surface area contributed by atoms with Crippen LogP contribution in [0.15, 0.2) is 81.7 Å². The van der Waals surface area contributed by atoms with E-state index in [1.165, 1.54) is 6.07 Å². The molecule has 0 aliphatic rings. The van der Waals surface area contributed by atoms with E-state index in [4.69, 9.17) is 4.74 Å². The molecule has 0 unspecified atom stereocenters. The van der Waals surface area contributed by atoms with Gasteiger partial charge in [-0.25, -0.2) is 4.79 Å². The average molecular weight is 517 g/mol. The summed E-state index contributed by atoms with van der Waals surface area (Å²) in [5, 5.41) is 2.74. The molecular formula is C22H15Br2NO4. The van der Waals surface area contributed by atoms with Crippen molar-refractivity contribution in [1.29, 1.82) is 0 Å². The molecular weight excluding hydrogens is 502 g/mol. The van der Waals surface area contributed by atoms with Crippen LogP contribution >= 0.6 is 31.9 Å². The average Bonchev–Trinajstić information content (AvgIpc) is 2.72. The molecule has 0 fully saturated rings. The van der Waals surface area contributed by atoms with Crippen LogP contribution in [-0.4, -0.2) is 24.3 Å². The second-order valence-electron chi connectivity index (χ2n) is 6.02. The van der Waals surface area contributed by atoms with E-state index in [0.717, 1.165) is 4.47 Å². The zero-order chi connectivity index (χ0) is 20.8. The van der Waals surface area contributed by atoms with Gasteiger partial charge in [0.25, 0.3) is 5.91 Å². The van der Waals surface area contributed by atoms with E-state index in [1.807, 2.05) is 6.07 Å². The number of nitrogens with one attached hydrogen (secondary N) is 1. The molecule has 146 valence electrons. The van der Waals surface area contributed by atoms with Gasteiger partial charge in [0.1, 0.15) is 0 Å². The molecule has 0 saturated carbocycles. The molecule has 0 aliphatic carbocycles. The number of Topliss-reactive ketones (excluding diaryl/α,β-unsaturated/α-hetero) is 1. The van der Waals surface area contributed by atoms with E-state index in [9.17, 15) is 14.4 Å². The number of carbonyl (C=O) groups is 3. The quantitative estimate of drug-likeness (QED) is 0.346. The first-order valence-corrected chi connectivity index (χ1v) is 10.1. The summed E-state index contributed by atoms with van der Waals surface area (Å²) < 4.78 is 6.64. The number of esters is 1. The largest absolute Gasteiger partial charge is 0.454 e. The van der Waals surface area contributed by atoms with Crippen molar-refractivity contribution in [3.05, 3.63) is 98.4 Å². The summed E-state index contributed by atoms with van der Waals surface area (Å²) in [6.07, 6.45) is 0. The van der Waals surface area contributed by atoms with E-state index >= 15 is 0 Å². The number of anilines is 1. The molecule has 0 bridgehead atoms. The number of hydrogen-bond acceptors (Lipinski definition) is 4. The number of halogens is 2. The van der Waals surface area contributed by atoms with E-state index in [0.29, 0.717) is 21.3 Å². The van der Waals surface area contributed by atoms with Crippen LogP contribution in [0.4, 0.5) is 5.69 Å². The maximum absolute atomic E-state index is 12.4. The van der Waals surface area contributed by atoms with Gasteiger partial charge >= 0.3 is 5.97 Å². The fourth-order valence-electron chi connectivity index (χ4n) is 2.50. The van der Waals surface area contributed by atoms with Crippen LogP contribution in [0.2, 0.25) is 0 Å². The third kappa shape index (κ3) is 5.62. The Morgan fingerprint density at radius 1 is 0.828 bits per heavy atom. The van der Waals surface area contributed by atoms with Crippen molar-refractivity contribution in [3.8, 4) is 0 Å². The van der Waals surface area contributed by atoms with Crippen LogP contribution in [0.1, 0.15) is 31.1 Å². The van der Waals surface area contributed by atoms with Gasteiger partial charge in [0.15, 0.2) is 12.4 Å². The molecule has 3 aromatic rings. The zero-order valence-electron chi connectivity index (χ0n) is 15.0. The van der Waals surface area contributed by atoms with E-state index in [-0.39, 0.29) is 23.9 Å². The minimum atomic E-state index is -0.646. The molecule has 1 amide bonds. The standard InChI is InChI=1S/C22H15Br2NO4/c23-16-10-8-14(9-11-16)20(26)13-29-22(28)15-4-3-5-17(12-15)25-21(27)18-6-1-2-7-19(18)24/h1-12H,13H2,(H,25,27). The number of hydrogen-bond donors (Lipinski definition) is 1. The molecule has 0 atom stereocenters. The minimum absolute atomic E-state index is 0.235. The first-order valence-electron chi connectivity index (χ1n) is 8.56. The van der Waals surface area contributed by atoms with Crippen molar-refractivity contribution in [2.45, 2.75) is 0 Å². The van der Waals surface area contributed by atoms with Crippen LogP contribution in [0.5, 0.6) is 0 Å². The molecule has 1 N–H and O–H groups in total. The predicted molar refractivity (Wildman–Crippen MR) is 117 cm³/mol. The van der Waals surface area contributed by atoms with Crippen LogP contribution in [0.3, 0.4) is 0 Å². The summed E-state index contributed by atoms with van der Waals surface area (Å²) in [7, 11) is 0. The Morgan fingerprint density at radius 2 is 1.55 bits per heavy atom. The van der Waals surface area contributed by atoms with Crippen molar-refractivity contribution in [3.63, 3.8) is 0 Å². The number of ether oxygens (including phenoxy) is 1. The fourth-order valence-corrected chi connectivity index (χ4v) is 3.23. The minimum Gasteiger partial charge on any atom is -0.454 e. The lowest BCUT2D eigenvalue weighted by molar-refractivity contribution is 0.0474. The van der Waals surface area contributed by atoms with Crippen molar-refractivity contribution < 1.29 is 19.1 Å². The van der Waals surface area contributed by atoms with Gasteiger partial charge in [-0.2, -0.15) is 0 Å². The van der Waals surface area contributed by atoms with Gasteiger partial charge in [0.05, 0.1) is 11.1 Å². The number of amides is 1. The Morgan fingerprint density at radius 3 is 2.28 bits per heavy atom. The van der Waals surface area contributed by atoms with Crippen LogP contribution in [-0.2, 0) is 4.74 Å². The molecule has 7 heteroatoms. The van der Waals surface area contributed by atoms with Crippen molar-refractivity contribution in [2.75, 3.05) is 11.9 Å². The van der Waals surface area contributed by atoms with Crippen LogP contribution in [0.25, 0.3) is 0 Å². The molecule has 29 heavy (non-hydrogen) atoms. The zero-order valence-corrected chi connectivity index (χ0v) is 18.2. The summed E-state index contributed by atoms with van der Waals surface area (Å²) in [4.78, 5) is 36.8. The summed E-state index contributed by atoms with van der Waals surface area (Å²) in [5.41, 5.74) is 1.61. The lowest BCUT2D eigenvalue weighted by Gasteiger charge is -2.09. The molecule has 0 heterocycles. The number of rotatable bonds is 6. The Bertz CT molecular complexity index is 1060.